The summed E-state index contributed by atoms with van der Waals surface area (Å²) in [7, 11) is 0. The monoisotopic (exact) mass is 291 g/mol. The predicted molar refractivity (Wildman–Crippen MR) is 73.1 cm³/mol. The molecule has 1 aliphatic rings. The lowest BCUT2D eigenvalue weighted by Crippen LogP contribution is -2.28. The van der Waals surface area contributed by atoms with Crippen LogP contribution >= 0.6 is 0 Å². The Hall–Kier alpha value is -2.37. The molecule has 0 unspecified atom stereocenters. The van der Waals surface area contributed by atoms with Crippen molar-refractivity contribution in [3.63, 3.8) is 0 Å². The van der Waals surface area contributed by atoms with E-state index in [1.54, 1.807) is 0 Å². The Bertz CT molecular complexity index is 514. The number of ether oxygens (including phenoxy) is 2. The standard InChI is InChI=1S/C15H17NO5/c17-13(20-10-11-6-2-1-3-7-11)9-5-4-8-12-14(18)21-15(19)16-12/h1-3,6-7,12H,4-5,8-10H2,(H,16,19)/t12-/m0/s1. The van der Waals surface area contributed by atoms with Gasteiger partial charge in [-0.05, 0) is 18.4 Å². The minimum absolute atomic E-state index is 0.267. The summed E-state index contributed by atoms with van der Waals surface area (Å²) >= 11 is 0. The van der Waals surface area contributed by atoms with Gasteiger partial charge >= 0.3 is 18.0 Å². The number of hydrogen-bond donors (Lipinski definition) is 1. The van der Waals surface area contributed by atoms with Gasteiger partial charge in [0.25, 0.3) is 0 Å². The molecule has 1 amide bonds. The van der Waals surface area contributed by atoms with Gasteiger partial charge in [0.15, 0.2) is 0 Å². The first-order valence-electron chi connectivity index (χ1n) is 6.87. The van der Waals surface area contributed by atoms with E-state index < -0.39 is 18.1 Å². The number of cyclic esters (lactones) is 2. The fraction of sp³-hybridized carbons (Fsp3) is 0.400. The molecule has 1 aliphatic heterocycles. The summed E-state index contributed by atoms with van der Waals surface area (Å²) in [5, 5.41) is 2.41. The zero-order valence-corrected chi connectivity index (χ0v) is 11.5. The van der Waals surface area contributed by atoms with E-state index in [-0.39, 0.29) is 12.6 Å². The Morgan fingerprint density at radius 2 is 1.95 bits per heavy atom. The minimum Gasteiger partial charge on any atom is -0.461 e. The average Bonchev–Trinajstić information content (AvgIpc) is 2.80. The van der Waals surface area contributed by atoms with Crippen molar-refractivity contribution in [3.05, 3.63) is 35.9 Å². The van der Waals surface area contributed by atoms with E-state index >= 15 is 0 Å². The average molecular weight is 291 g/mol. The van der Waals surface area contributed by atoms with Gasteiger partial charge in [0.05, 0.1) is 0 Å². The predicted octanol–water partition coefficient (Wildman–Crippen LogP) is 1.93. The molecule has 0 bridgehead atoms. The van der Waals surface area contributed by atoms with Gasteiger partial charge in [-0.15, -0.1) is 0 Å². The van der Waals surface area contributed by atoms with Crippen molar-refractivity contribution in [2.75, 3.05) is 0 Å². The van der Waals surface area contributed by atoms with Crippen LogP contribution in [0.5, 0.6) is 0 Å². The van der Waals surface area contributed by atoms with Crippen LogP contribution in [-0.2, 0) is 25.7 Å². The number of benzene rings is 1. The Morgan fingerprint density at radius 3 is 2.62 bits per heavy atom. The molecule has 1 heterocycles. The molecule has 1 saturated heterocycles. The fourth-order valence-electron chi connectivity index (χ4n) is 2.01. The molecule has 1 aromatic rings. The van der Waals surface area contributed by atoms with Crippen LogP contribution in [0.2, 0.25) is 0 Å². The highest BCUT2D eigenvalue weighted by molar-refractivity contribution is 5.95. The Balaban J connectivity index is 1.57. The van der Waals surface area contributed by atoms with Gasteiger partial charge in [-0.25, -0.2) is 9.59 Å². The zero-order valence-electron chi connectivity index (χ0n) is 11.5. The molecule has 112 valence electrons. The van der Waals surface area contributed by atoms with Gasteiger partial charge < -0.3 is 14.8 Å². The lowest BCUT2D eigenvalue weighted by atomic mass is 10.1. The number of amides is 1. The highest BCUT2D eigenvalue weighted by atomic mass is 16.6. The van der Waals surface area contributed by atoms with Crippen molar-refractivity contribution in [2.45, 2.75) is 38.3 Å². The molecule has 0 radical (unpaired) electrons. The third-order valence-corrected chi connectivity index (χ3v) is 3.14. The number of unbranched alkanes of at least 4 members (excludes halogenated alkanes) is 1. The van der Waals surface area contributed by atoms with Crippen LogP contribution in [-0.4, -0.2) is 24.1 Å². The van der Waals surface area contributed by atoms with Crippen molar-refractivity contribution < 1.29 is 23.9 Å². The van der Waals surface area contributed by atoms with Gasteiger partial charge in [-0.3, -0.25) is 4.79 Å². The molecule has 1 N–H and O–H groups in total. The number of alkyl carbamates (subject to hydrolysis) is 1. The number of nitrogens with one attached hydrogen (secondary N) is 1. The van der Waals surface area contributed by atoms with Gasteiger partial charge in [0.1, 0.15) is 12.6 Å². The summed E-state index contributed by atoms with van der Waals surface area (Å²) in [6, 6.07) is 8.87. The lowest BCUT2D eigenvalue weighted by Gasteiger charge is -2.06. The van der Waals surface area contributed by atoms with Crippen LogP contribution in [0.25, 0.3) is 0 Å². The smallest absolute Gasteiger partial charge is 0.415 e. The van der Waals surface area contributed by atoms with E-state index in [1.165, 1.54) is 0 Å². The molecule has 1 atom stereocenters. The van der Waals surface area contributed by atoms with Crippen molar-refractivity contribution in [3.8, 4) is 0 Å². The molecule has 6 heteroatoms. The molecule has 0 saturated carbocycles. The quantitative estimate of drug-likeness (QED) is 0.471. The Kier molecular flexibility index (Phi) is 5.31. The summed E-state index contributed by atoms with van der Waals surface area (Å²) < 4.78 is 9.50. The van der Waals surface area contributed by atoms with Crippen LogP contribution in [0.3, 0.4) is 0 Å². The maximum absolute atomic E-state index is 11.5. The molecule has 1 fully saturated rings. The first-order chi connectivity index (χ1) is 10.1. The summed E-state index contributed by atoms with van der Waals surface area (Å²) in [6.07, 6.45) is 1.31. The summed E-state index contributed by atoms with van der Waals surface area (Å²) in [5.41, 5.74) is 0.947. The van der Waals surface area contributed by atoms with Crippen LogP contribution in [0.4, 0.5) is 4.79 Å². The van der Waals surface area contributed by atoms with Gasteiger partial charge in [0, 0.05) is 6.42 Å². The van der Waals surface area contributed by atoms with E-state index in [1.807, 2.05) is 30.3 Å². The van der Waals surface area contributed by atoms with E-state index in [4.69, 9.17) is 4.74 Å². The second-order valence-corrected chi connectivity index (χ2v) is 4.80. The number of hydrogen-bond acceptors (Lipinski definition) is 5. The second-order valence-electron chi connectivity index (χ2n) is 4.80. The molecule has 1 aromatic carbocycles. The molecular formula is C15H17NO5. The van der Waals surface area contributed by atoms with Crippen LogP contribution < -0.4 is 5.32 Å². The molecule has 0 aromatic heterocycles. The highest BCUT2D eigenvalue weighted by Gasteiger charge is 2.31. The van der Waals surface area contributed by atoms with E-state index in [0.717, 1.165) is 5.56 Å². The maximum Gasteiger partial charge on any atom is 0.415 e. The van der Waals surface area contributed by atoms with Gasteiger partial charge in [-0.1, -0.05) is 36.8 Å². The summed E-state index contributed by atoms with van der Waals surface area (Å²) in [4.78, 5) is 33.5. The maximum atomic E-state index is 11.5. The van der Waals surface area contributed by atoms with Crippen molar-refractivity contribution in [1.29, 1.82) is 0 Å². The number of esters is 2. The second kappa shape index (κ2) is 7.42. The Morgan fingerprint density at radius 1 is 1.19 bits per heavy atom. The van der Waals surface area contributed by atoms with Gasteiger partial charge in [0.2, 0.25) is 0 Å². The largest absolute Gasteiger partial charge is 0.461 e. The van der Waals surface area contributed by atoms with E-state index in [2.05, 4.69) is 10.1 Å². The molecular weight excluding hydrogens is 274 g/mol. The number of rotatable bonds is 7. The highest BCUT2D eigenvalue weighted by Crippen LogP contribution is 2.11. The Labute approximate surface area is 122 Å². The molecule has 21 heavy (non-hydrogen) atoms. The molecule has 0 spiro atoms. The fourth-order valence-corrected chi connectivity index (χ4v) is 2.01. The van der Waals surface area contributed by atoms with Crippen molar-refractivity contribution >= 4 is 18.0 Å². The third kappa shape index (κ3) is 4.91. The summed E-state index contributed by atoms with van der Waals surface area (Å²) in [5.74, 6) is -0.816. The topological polar surface area (TPSA) is 81.7 Å². The number of carbonyl (C=O) groups excluding carboxylic acids is 3. The lowest BCUT2D eigenvalue weighted by molar-refractivity contribution is -0.145. The number of carbonyl (C=O) groups is 3. The SMILES string of the molecule is O=C(CCCC[C@@H]1NC(=O)OC1=O)OCc1ccccc1. The van der Waals surface area contributed by atoms with Crippen molar-refractivity contribution in [1.82, 2.24) is 5.32 Å². The zero-order chi connectivity index (χ0) is 15.1. The molecule has 6 nitrogen and oxygen atoms in total. The van der Waals surface area contributed by atoms with Crippen LogP contribution in [0.1, 0.15) is 31.2 Å². The van der Waals surface area contributed by atoms with Crippen LogP contribution in [0.15, 0.2) is 30.3 Å². The minimum atomic E-state index is -0.702. The molecule has 0 aliphatic carbocycles. The van der Waals surface area contributed by atoms with Crippen molar-refractivity contribution in [2.24, 2.45) is 0 Å². The van der Waals surface area contributed by atoms with Gasteiger partial charge in [-0.2, -0.15) is 0 Å². The first-order valence-corrected chi connectivity index (χ1v) is 6.87. The van der Waals surface area contributed by atoms with E-state index in [0.29, 0.717) is 25.7 Å². The first kappa shape index (κ1) is 15.0. The third-order valence-electron chi connectivity index (χ3n) is 3.14. The molecule has 2 rings (SSSR count). The summed E-state index contributed by atoms with van der Waals surface area (Å²) in [6.45, 7) is 0.269. The normalized spacial score (nSPS) is 17.2. The van der Waals surface area contributed by atoms with Crippen LogP contribution in [0, 0.1) is 0 Å². The van der Waals surface area contributed by atoms with E-state index in [9.17, 15) is 14.4 Å².